The van der Waals surface area contributed by atoms with Crippen LogP contribution in [0.3, 0.4) is 0 Å². The van der Waals surface area contributed by atoms with Gasteiger partial charge in [-0.15, -0.1) is 12.4 Å². The molecule has 0 bridgehead atoms. The fourth-order valence-electron chi connectivity index (χ4n) is 3.39. The van der Waals surface area contributed by atoms with Gasteiger partial charge in [0, 0.05) is 23.2 Å². The number of hydrogen-bond acceptors (Lipinski definition) is 3. The van der Waals surface area contributed by atoms with Gasteiger partial charge in [0.1, 0.15) is 0 Å². The highest BCUT2D eigenvalue weighted by atomic mass is 35.5. The first-order valence-corrected chi connectivity index (χ1v) is 8.43. The number of hydrogen-bond donors (Lipinski definition) is 3. The second-order valence-electron chi connectivity index (χ2n) is 7.08. The average Bonchev–Trinajstić information content (AvgIpc) is 3.21. The highest BCUT2D eigenvalue weighted by Crippen LogP contribution is 2.58. The lowest BCUT2D eigenvalue weighted by Gasteiger charge is -2.23. The van der Waals surface area contributed by atoms with Crippen molar-refractivity contribution >= 4 is 35.6 Å². The normalized spacial score (nSPS) is 21.0. The molecule has 1 spiro atoms. The van der Waals surface area contributed by atoms with Gasteiger partial charge in [0.05, 0.1) is 0 Å². The minimum Gasteiger partial charge on any atom is -0.326 e. The Hall–Kier alpha value is -1.59. The summed E-state index contributed by atoms with van der Waals surface area (Å²) >= 11 is 0. The number of halogens is 1. The maximum Gasteiger partial charge on any atom is 0.228 e. The van der Waals surface area contributed by atoms with Crippen LogP contribution in [0.15, 0.2) is 24.3 Å². The van der Waals surface area contributed by atoms with E-state index in [9.17, 15) is 9.59 Å². The molecule has 1 aromatic carbocycles. The SMILES string of the molecule is CC(C)C(=O)Nc1cccc(NC(=O)C2CC23CCNCC3)c1.Cl. The molecule has 0 aromatic heterocycles. The topological polar surface area (TPSA) is 70.2 Å². The van der Waals surface area contributed by atoms with Gasteiger partial charge in [-0.3, -0.25) is 9.59 Å². The van der Waals surface area contributed by atoms with Crippen LogP contribution in [0.1, 0.15) is 33.1 Å². The summed E-state index contributed by atoms with van der Waals surface area (Å²) in [5.74, 6) is 0.154. The molecule has 1 aliphatic carbocycles. The molecular weight excluding hydrogens is 326 g/mol. The van der Waals surface area contributed by atoms with E-state index in [1.54, 1.807) is 0 Å². The standard InChI is InChI=1S/C18H25N3O2.ClH/c1-12(2)16(22)20-13-4-3-5-14(10-13)21-17(23)15-11-18(15)6-8-19-9-7-18;/h3-5,10,12,15,19H,6-9,11H2,1-2H3,(H,20,22)(H,21,23);1H. The molecule has 3 N–H and O–H groups in total. The molecule has 1 saturated carbocycles. The number of carbonyl (C=O) groups is 2. The van der Waals surface area contributed by atoms with E-state index in [1.165, 1.54) is 0 Å². The minimum atomic E-state index is -0.0699. The molecule has 5 nitrogen and oxygen atoms in total. The van der Waals surface area contributed by atoms with Crippen LogP contribution in [-0.4, -0.2) is 24.9 Å². The molecular formula is C18H26ClN3O2. The van der Waals surface area contributed by atoms with Crippen molar-refractivity contribution in [3.63, 3.8) is 0 Å². The molecule has 6 heteroatoms. The van der Waals surface area contributed by atoms with Gasteiger partial charge in [0.2, 0.25) is 11.8 Å². The van der Waals surface area contributed by atoms with E-state index in [0.717, 1.165) is 38.0 Å². The van der Waals surface area contributed by atoms with Crippen LogP contribution in [0.2, 0.25) is 0 Å². The van der Waals surface area contributed by atoms with Crippen LogP contribution in [0.4, 0.5) is 11.4 Å². The van der Waals surface area contributed by atoms with Gasteiger partial charge in [0.15, 0.2) is 0 Å². The average molecular weight is 352 g/mol. The van der Waals surface area contributed by atoms with Crippen molar-refractivity contribution < 1.29 is 9.59 Å². The second-order valence-corrected chi connectivity index (χ2v) is 7.08. The number of benzene rings is 1. The maximum atomic E-state index is 12.5. The Morgan fingerprint density at radius 3 is 2.42 bits per heavy atom. The van der Waals surface area contributed by atoms with E-state index in [2.05, 4.69) is 16.0 Å². The summed E-state index contributed by atoms with van der Waals surface area (Å²) in [6, 6.07) is 7.36. The Balaban J connectivity index is 0.00000208. The van der Waals surface area contributed by atoms with Crippen LogP contribution in [-0.2, 0) is 9.59 Å². The van der Waals surface area contributed by atoms with Gasteiger partial charge in [-0.2, -0.15) is 0 Å². The minimum absolute atomic E-state index is 0. The molecule has 1 heterocycles. The Labute approximate surface area is 149 Å². The quantitative estimate of drug-likeness (QED) is 0.780. The maximum absolute atomic E-state index is 12.5. The number of nitrogens with one attached hydrogen (secondary N) is 3. The van der Waals surface area contributed by atoms with E-state index < -0.39 is 0 Å². The first-order valence-electron chi connectivity index (χ1n) is 8.43. The predicted molar refractivity (Wildman–Crippen MR) is 98.4 cm³/mol. The molecule has 24 heavy (non-hydrogen) atoms. The lowest BCUT2D eigenvalue weighted by molar-refractivity contribution is -0.119. The van der Waals surface area contributed by atoms with Crippen molar-refractivity contribution in [2.75, 3.05) is 23.7 Å². The molecule has 2 aliphatic rings. The van der Waals surface area contributed by atoms with Gasteiger partial charge in [-0.25, -0.2) is 0 Å². The molecule has 1 aliphatic heterocycles. The summed E-state index contributed by atoms with van der Waals surface area (Å²) in [6.07, 6.45) is 3.19. The van der Waals surface area contributed by atoms with Crippen LogP contribution in [0.25, 0.3) is 0 Å². The monoisotopic (exact) mass is 351 g/mol. The van der Waals surface area contributed by atoms with Crippen LogP contribution >= 0.6 is 12.4 Å². The fraction of sp³-hybridized carbons (Fsp3) is 0.556. The summed E-state index contributed by atoms with van der Waals surface area (Å²) in [5.41, 5.74) is 1.69. The Kier molecular flexibility index (Phi) is 5.88. The van der Waals surface area contributed by atoms with Gasteiger partial charge in [-0.05, 0) is 56.0 Å². The number of anilines is 2. The second kappa shape index (κ2) is 7.53. The number of carbonyl (C=O) groups excluding carboxylic acids is 2. The van der Waals surface area contributed by atoms with E-state index in [-0.39, 0.29) is 41.5 Å². The third-order valence-corrected chi connectivity index (χ3v) is 5.03. The lowest BCUT2D eigenvalue weighted by atomic mass is 9.92. The number of piperidine rings is 1. The third-order valence-electron chi connectivity index (χ3n) is 5.03. The van der Waals surface area contributed by atoms with Crippen molar-refractivity contribution in [3.8, 4) is 0 Å². The molecule has 1 atom stereocenters. The smallest absolute Gasteiger partial charge is 0.228 e. The molecule has 0 radical (unpaired) electrons. The number of rotatable bonds is 4. The molecule has 1 saturated heterocycles. The molecule has 2 amide bonds. The Morgan fingerprint density at radius 1 is 1.17 bits per heavy atom. The van der Waals surface area contributed by atoms with E-state index in [1.807, 2.05) is 38.1 Å². The van der Waals surface area contributed by atoms with Crippen LogP contribution in [0.5, 0.6) is 0 Å². The van der Waals surface area contributed by atoms with E-state index >= 15 is 0 Å². The fourth-order valence-corrected chi connectivity index (χ4v) is 3.39. The summed E-state index contributed by atoms with van der Waals surface area (Å²) in [5, 5.41) is 9.22. The molecule has 2 fully saturated rings. The number of amides is 2. The molecule has 3 rings (SSSR count). The summed E-state index contributed by atoms with van der Waals surface area (Å²) < 4.78 is 0. The molecule has 1 aromatic rings. The predicted octanol–water partition coefficient (Wildman–Crippen LogP) is 3.03. The Bertz CT molecular complexity index is 612. The highest BCUT2D eigenvalue weighted by molar-refractivity contribution is 5.97. The van der Waals surface area contributed by atoms with Crippen molar-refractivity contribution in [1.29, 1.82) is 0 Å². The van der Waals surface area contributed by atoms with Crippen LogP contribution < -0.4 is 16.0 Å². The molecule has 1 unspecified atom stereocenters. The lowest BCUT2D eigenvalue weighted by Crippen LogP contribution is -2.31. The summed E-state index contributed by atoms with van der Waals surface area (Å²) in [4.78, 5) is 24.2. The van der Waals surface area contributed by atoms with Gasteiger partial charge in [0.25, 0.3) is 0 Å². The zero-order chi connectivity index (χ0) is 16.4. The molecule has 132 valence electrons. The summed E-state index contributed by atoms with van der Waals surface area (Å²) in [6.45, 7) is 5.74. The van der Waals surface area contributed by atoms with Crippen LogP contribution in [0, 0.1) is 17.3 Å². The Morgan fingerprint density at radius 2 is 1.79 bits per heavy atom. The van der Waals surface area contributed by atoms with Gasteiger partial charge < -0.3 is 16.0 Å². The van der Waals surface area contributed by atoms with E-state index in [0.29, 0.717) is 5.69 Å². The largest absolute Gasteiger partial charge is 0.326 e. The van der Waals surface area contributed by atoms with E-state index in [4.69, 9.17) is 0 Å². The van der Waals surface area contributed by atoms with Crippen molar-refractivity contribution in [3.05, 3.63) is 24.3 Å². The first kappa shape index (κ1) is 18.7. The zero-order valence-corrected chi connectivity index (χ0v) is 15.0. The first-order chi connectivity index (χ1) is 11.0. The van der Waals surface area contributed by atoms with Crippen molar-refractivity contribution in [1.82, 2.24) is 5.32 Å². The van der Waals surface area contributed by atoms with Crippen molar-refractivity contribution in [2.45, 2.75) is 33.1 Å². The van der Waals surface area contributed by atoms with Crippen molar-refractivity contribution in [2.24, 2.45) is 17.3 Å². The third kappa shape index (κ3) is 4.08. The van der Waals surface area contributed by atoms with Gasteiger partial charge in [-0.1, -0.05) is 19.9 Å². The van der Waals surface area contributed by atoms with Gasteiger partial charge >= 0.3 is 0 Å². The summed E-state index contributed by atoms with van der Waals surface area (Å²) in [7, 11) is 0. The zero-order valence-electron chi connectivity index (χ0n) is 14.2. The highest BCUT2D eigenvalue weighted by Gasteiger charge is 2.57.